The fourth-order valence-electron chi connectivity index (χ4n) is 4.57. The summed E-state index contributed by atoms with van der Waals surface area (Å²) in [6.07, 6.45) is -2.42. The van der Waals surface area contributed by atoms with Gasteiger partial charge in [0.1, 0.15) is 0 Å². The molecule has 9 heteroatoms. The van der Waals surface area contributed by atoms with Crippen LogP contribution in [0.5, 0.6) is 0 Å². The van der Waals surface area contributed by atoms with Crippen molar-refractivity contribution in [3.05, 3.63) is 71.8 Å². The van der Waals surface area contributed by atoms with Gasteiger partial charge in [0.25, 0.3) is 0 Å². The van der Waals surface area contributed by atoms with Crippen molar-refractivity contribution in [2.24, 2.45) is 11.7 Å². The molecule has 2 aromatic rings. The summed E-state index contributed by atoms with van der Waals surface area (Å²) in [6.45, 7) is 9.23. The number of hydrogen-bond donors (Lipinski definition) is 6. The van der Waals surface area contributed by atoms with Crippen molar-refractivity contribution in [2.45, 2.75) is 83.3 Å². The van der Waals surface area contributed by atoms with E-state index in [9.17, 15) is 24.9 Å². The second-order valence-electron chi connectivity index (χ2n) is 11.4. The van der Waals surface area contributed by atoms with Crippen molar-refractivity contribution in [3.8, 4) is 0 Å². The summed E-state index contributed by atoms with van der Waals surface area (Å²) in [5, 5.41) is 38.2. The summed E-state index contributed by atoms with van der Waals surface area (Å²) >= 11 is 0. The lowest BCUT2D eigenvalue weighted by atomic mass is 9.94. The first-order valence-corrected chi connectivity index (χ1v) is 13.5. The van der Waals surface area contributed by atoms with Gasteiger partial charge in [-0.25, -0.2) is 4.79 Å². The Bertz CT molecular complexity index is 1010. The smallest absolute Gasteiger partial charge is 0.408 e. The number of carboxylic acid groups (broad SMARTS) is 1. The van der Waals surface area contributed by atoms with Crippen LogP contribution in [0.3, 0.4) is 0 Å². The average molecular weight is 543 g/mol. The number of aliphatic hydroxyl groups excluding tert-OH is 2. The van der Waals surface area contributed by atoms with E-state index < -0.39 is 42.0 Å². The second kappa shape index (κ2) is 15.0. The average Bonchev–Trinajstić information content (AvgIpc) is 2.87. The molecule has 0 saturated heterocycles. The molecule has 0 aliphatic heterocycles. The number of nitrogens with two attached hydrogens (primary N) is 1. The van der Waals surface area contributed by atoms with E-state index in [2.05, 4.69) is 10.6 Å². The third kappa shape index (κ3) is 10.3. The van der Waals surface area contributed by atoms with Crippen LogP contribution in [0.25, 0.3) is 0 Å². The highest BCUT2D eigenvalue weighted by molar-refractivity contribution is 5.82. The largest absolute Gasteiger partial charge is 0.465 e. The Kier molecular flexibility index (Phi) is 12.4. The van der Waals surface area contributed by atoms with Crippen molar-refractivity contribution in [1.29, 1.82) is 0 Å². The molecule has 0 aromatic heterocycles. The van der Waals surface area contributed by atoms with Gasteiger partial charge in [-0.05, 0) is 50.7 Å². The van der Waals surface area contributed by atoms with Crippen molar-refractivity contribution in [1.82, 2.24) is 15.5 Å². The summed E-state index contributed by atoms with van der Waals surface area (Å²) < 4.78 is 0. The third-order valence-corrected chi connectivity index (χ3v) is 6.81. The van der Waals surface area contributed by atoms with Crippen LogP contribution in [0.2, 0.25) is 0 Å². The van der Waals surface area contributed by atoms with Crippen molar-refractivity contribution >= 4 is 12.0 Å². The highest BCUT2D eigenvalue weighted by atomic mass is 16.4. The van der Waals surface area contributed by atoms with Gasteiger partial charge in [-0.1, -0.05) is 74.5 Å². The number of carbonyl (C=O) groups is 2. The van der Waals surface area contributed by atoms with E-state index >= 15 is 0 Å². The van der Waals surface area contributed by atoms with Crippen molar-refractivity contribution in [3.63, 3.8) is 0 Å². The molecule has 9 nitrogen and oxygen atoms in total. The highest BCUT2D eigenvalue weighted by Crippen LogP contribution is 2.23. The molecule has 2 amide bonds. The van der Waals surface area contributed by atoms with E-state index in [1.807, 2.05) is 74.5 Å². The van der Waals surface area contributed by atoms with Gasteiger partial charge in [-0.2, -0.15) is 0 Å². The Morgan fingerprint density at radius 2 is 1.36 bits per heavy atom. The highest BCUT2D eigenvalue weighted by Gasteiger charge is 2.37. The van der Waals surface area contributed by atoms with Gasteiger partial charge in [0.15, 0.2) is 0 Å². The molecule has 39 heavy (non-hydrogen) atoms. The molecular weight excluding hydrogens is 496 g/mol. The molecule has 5 atom stereocenters. The fourth-order valence-corrected chi connectivity index (χ4v) is 4.57. The van der Waals surface area contributed by atoms with Gasteiger partial charge in [-0.3, -0.25) is 9.69 Å². The Hall–Kier alpha value is -2.98. The lowest BCUT2D eigenvalue weighted by Crippen LogP contribution is -2.58. The van der Waals surface area contributed by atoms with Crippen LogP contribution in [0, 0.1) is 5.92 Å². The number of rotatable bonds is 14. The summed E-state index contributed by atoms with van der Waals surface area (Å²) in [5.41, 5.74) is 7.14. The molecule has 0 bridgehead atoms. The number of nitrogens with zero attached hydrogens (tertiary/aromatic N) is 1. The van der Waals surface area contributed by atoms with Crippen LogP contribution < -0.4 is 16.4 Å². The van der Waals surface area contributed by atoms with Gasteiger partial charge in [0, 0.05) is 18.6 Å². The van der Waals surface area contributed by atoms with Crippen LogP contribution in [-0.2, 0) is 17.6 Å². The topological polar surface area (TPSA) is 148 Å². The summed E-state index contributed by atoms with van der Waals surface area (Å²) in [6, 6.07) is 16.9. The number of nitrogens with one attached hydrogen (secondary N) is 2. The Balaban J connectivity index is 2.13. The molecule has 0 radical (unpaired) electrons. The van der Waals surface area contributed by atoms with Crippen molar-refractivity contribution < 1.29 is 24.9 Å². The molecule has 0 spiro atoms. The zero-order chi connectivity index (χ0) is 29.2. The van der Waals surface area contributed by atoms with Crippen LogP contribution in [0.1, 0.15) is 45.7 Å². The maximum Gasteiger partial charge on any atom is 0.408 e. The number of carbonyl (C=O) groups excluding carboxylic acids is 1. The van der Waals surface area contributed by atoms with Crippen LogP contribution >= 0.6 is 0 Å². The number of benzene rings is 2. The van der Waals surface area contributed by atoms with Gasteiger partial charge in [0.05, 0.1) is 30.3 Å². The molecular formula is C30H46N4O5. The quantitative estimate of drug-likeness (QED) is 0.215. The van der Waals surface area contributed by atoms with E-state index in [0.717, 1.165) is 11.1 Å². The molecule has 0 fully saturated rings. The predicted molar refractivity (Wildman–Crippen MR) is 153 cm³/mol. The molecule has 0 saturated carbocycles. The van der Waals surface area contributed by atoms with Crippen LogP contribution in [-0.4, -0.2) is 81.2 Å². The molecule has 2 aromatic carbocycles. The maximum absolute atomic E-state index is 12.7. The standard InChI is InChI=1S/C30H46N4O5/c1-20(2)27(31)28(37)33-23(16-21-12-8-6-9-13-21)25(35)18-32-19-26(36)24(17-22-14-10-7-11-15-22)34(29(38)39)30(3,4)5/h6-15,20,23-27,32,35-36H,16-19,31H2,1-5H3,(H,33,37)(H,38,39)/t23-,24-,25+,26+,27-/m0/s1. The van der Waals surface area contributed by atoms with Gasteiger partial charge < -0.3 is 31.7 Å². The third-order valence-electron chi connectivity index (χ3n) is 6.81. The Labute approximate surface area is 232 Å². The minimum absolute atomic E-state index is 0.0476. The summed E-state index contributed by atoms with van der Waals surface area (Å²) in [5.74, 6) is -0.399. The molecule has 216 valence electrons. The van der Waals surface area contributed by atoms with Crippen molar-refractivity contribution in [2.75, 3.05) is 13.1 Å². The van der Waals surface area contributed by atoms with E-state index in [4.69, 9.17) is 5.73 Å². The number of aliphatic hydroxyl groups is 2. The first-order chi connectivity index (χ1) is 18.3. The molecule has 7 N–H and O–H groups in total. The lowest BCUT2D eigenvalue weighted by molar-refractivity contribution is -0.124. The molecule has 0 aliphatic carbocycles. The molecule has 0 unspecified atom stereocenters. The zero-order valence-electron chi connectivity index (χ0n) is 23.7. The van der Waals surface area contributed by atoms with Crippen LogP contribution in [0.15, 0.2) is 60.7 Å². The maximum atomic E-state index is 12.7. The number of amides is 2. The summed E-state index contributed by atoms with van der Waals surface area (Å²) in [7, 11) is 0. The van der Waals surface area contributed by atoms with E-state index in [-0.39, 0.29) is 24.9 Å². The van der Waals surface area contributed by atoms with Gasteiger partial charge in [0.2, 0.25) is 5.91 Å². The lowest BCUT2D eigenvalue weighted by Gasteiger charge is -2.42. The molecule has 0 aliphatic rings. The molecule has 2 rings (SSSR count). The van der Waals surface area contributed by atoms with E-state index in [0.29, 0.717) is 12.8 Å². The first kappa shape index (κ1) is 32.2. The SMILES string of the molecule is CC(C)[C@H](N)C(=O)N[C@@H](Cc1ccccc1)[C@H](O)CNC[C@@H](O)[C@H](Cc1ccccc1)N(C(=O)O)C(C)(C)C. The molecule has 0 heterocycles. The van der Waals surface area contributed by atoms with E-state index in [1.54, 1.807) is 20.8 Å². The summed E-state index contributed by atoms with van der Waals surface area (Å²) in [4.78, 5) is 26.2. The minimum Gasteiger partial charge on any atom is -0.465 e. The van der Waals surface area contributed by atoms with Gasteiger partial charge in [-0.15, -0.1) is 0 Å². The Morgan fingerprint density at radius 1 is 0.872 bits per heavy atom. The minimum atomic E-state index is -1.12. The Morgan fingerprint density at radius 3 is 1.82 bits per heavy atom. The monoisotopic (exact) mass is 542 g/mol. The second-order valence-corrected chi connectivity index (χ2v) is 11.4. The van der Waals surface area contributed by atoms with E-state index in [1.165, 1.54) is 4.90 Å². The predicted octanol–water partition coefficient (Wildman–Crippen LogP) is 2.40. The fraction of sp³-hybridized carbons (Fsp3) is 0.533. The van der Waals surface area contributed by atoms with Gasteiger partial charge >= 0.3 is 6.09 Å². The first-order valence-electron chi connectivity index (χ1n) is 13.5. The normalized spacial score (nSPS) is 15.7. The number of hydrogen-bond acceptors (Lipinski definition) is 6. The zero-order valence-corrected chi connectivity index (χ0v) is 23.7. The van der Waals surface area contributed by atoms with Crippen LogP contribution in [0.4, 0.5) is 4.79 Å².